The van der Waals surface area contributed by atoms with E-state index in [0.29, 0.717) is 6.61 Å². The Balaban J connectivity index is 3.44. The molecule has 0 N–H and O–H groups in total. The highest BCUT2D eigenvalue weighted by Gasteiger charge is 2.17. The van der Waals surface area contributed by atoms with Gasteiger partial charge < -0.3 is 13.3 Å². The molecule has 1 radical (unpaired) electrons. The lowest BCUT2D eigenvalue weighted by molar-refractivity contribution is 0.0952. The van der Waals surface area contributed by atoms with Gasteiger partial charge in [0.25, 0.3) is 0 Å². The fraction of sp³-hybridized carbons (Fsp3) is 1.00. The average Bonchev–Trinajstić information content (AvgIpc) is 2.18. The molecule has 0 aromatic heterocycles. The van der Waals surface area contributed by atoms with Gasteiger partial charge in [-0.25, -0.2) is 0 Å². The van der Waals surface area contributed by atoms with Crippen molar-refractivity contribution in [1.82, 2.24) is 0 Å². The van der Waals surface area contributed by atoms with Crippen molar-refractivity contribution in [2.24, 2.45) is 0 Å². The van der Waals surface area contributed by atoms with E-state index in [4.69, 9.17) is 13.3 Å². The third-order valence-corrected chi connectivity index (χ3v) is 3.10. The zero-order valence-corrected chi connectivity index (χ0v) is 10.7. The second-order valence-electron chi connectivity index (χ2n) is 3.09. The van der Waals surface area contributed by atoms with Crippen molar-refractivity contribution in [3.8, 4) is 0 Å². The molecule has 0 aliphatic rings. The van der Waals surface area contributed by atoms with E-state index in [1.165, 1.54) is 0 Å². The standard InChI is InChI=1S/C10H23O3Si/c1-4-7-9-12-14(11-6-3)13-10-8-5-2/h4-10H2,1-3H3. The van der Waals surface area contributed by atoms with Crippen LogP contribution in [0.25, 0.3) is 0 Å². The molecule has 4 heteroatoms. The molecule has 0 aromatic rings. The van der Waals surface area contributed by atoms with Crippen molar-refractivity contribution in [3.63, 3.8) is 0 Å². The Kier molecular flexibility index (Phi) is 11.3. The summed E-state index contributed by atoms with van der Waals surface area (Å²) in [4.78, 5) is 0. The Morgan fingerprint density at radius 1 is 0.786 bits per heavy atom. The number of hydrogen-bond donors (Lipinski definition) is 0. The van der Waals surface area contributed by atoms with Crippen molar-refractivity contribution in [2.45, 2.75) is 46.5 Å². The Hall–Kier alpha value is 0.0969. The molecule has 0 saturated carbocycles. The molecule has 14 heavy (non-hydrogen) atoms. The lowest BCUT2D eigenvalue weighted by Crippen LogP contribution is -2.28. The number of hydrogen-bond acceptors (Lipinski definition) is 3. The summed E-state index contributed by atoms with van der Waals surface area (Å²) >= 11 is 0. The van der Waals surface area contributed by atoms with Gasteiger partial charge in [0.05, 0.1) is 0 Å². The van der Waals surface area contributed by atoms with Gasteiger partial charge >= 0.3 is 9.53 Å². The van der Waals surface area contributed by atoms with Crippen LogP contribution < -0.4 is 0 Å². The van der Waals surface area contributed by atoms with Crippen LogP contribution in [-0.2, 0) is 13.3 Å². The Morgan fingerprint density at radius 3 is 1.64 bits per heavy atom. The average molecular weight is 219 g/mol. The van der Waals surface area contributed by atoms with Crippen molar-refractivity contribution >= 4 is 9.53 Å². The van der Waals surface area contributed by atoms with Crippen LogP contribution in [-0.4, -0.2) is 29.3 Å². The molecule has 85 valence electrons. The van der Waals surface area contributed by atoms with Gasteiger partial charge in [0, 0.05) is 19.8 Å². The van der Waals surface area contributed by atoms with Gasteiger partial charge in [-0.3, -0.25) is 0 Å². The third kappa shape index (κ3) is 8.68. The van der Waals surface area contributed by atoms with Gasteiger partial charge in [-0.05, 0) is 19.8 Å². The second-order valence-corrected chi connectivity index (χ2v) is 4.45. The van der Waals surface area contributed by atoms with Crippen LogP contribution in [0.3, 0.4) is 0 Å². The molecule has 0 bridgehead atoms. The maximum Gasteiger partial charge on any atom is 0.577 e. The molecule has 0 heterocycles. The van der Waals surface area contributed by atoms with E-state index in [0.717, 1.165) is 38.9 Å². The number of rotatable bonds is 10. The minimum atomic E-state index is -1.44. The third-order valence-electron chi connectivity index (χ3n) is 1.70. The van der Waals surface area contributed by atoms with Crippen LogP contribution in [0.15, 0.2) is 0 Å². The van der Waals surface area contributed by atoms with Crippen molar-refractivity contribution in [2.75, 3.05) is 19.8 Å². The summed E-state index contributed by atoms with van der Waals surface area (Å²) in [5, 5.41) is 0. The predicted molar refractivity (Wildman–Crippen MR) is 59.1 cm³/mol. The molecule has 0 aromatic carbocycles. The molecule has 0 aliphatic carbocycles. The van der Waals surface area contributed by atoms with E-state index in [1.54, 1.807) is 0 Å². The quantitative estimate of drug-likeness (QED) is 0.417. The van der Waals surface area contributed by atoms with Gasteiger partial charge in [-0.2, -0.15) is 0 Å². The largest absolute Gasteiger partial charge is 0.577 e. The van der Waals surface area contributed by atoms with E-state index in [-0.39, 0.29) is 0 Å². The first-order chi connectivity index (χ1) is 6.85. The van der Waals surface area contributed by atoms with Crippen molar-refractivity contribution in [1.29, 1.82) is 0 Å². The second kappa shape index (κ2) is 11.2. The van der Waals surface area contributed by atoms with Crippen LogP contribution in [0.2, 0.25) is 0 Å². The zero-order valence-electron chi connectivity index (χ0n) is 9.67. The highest BCUT2D eigenvalue weighted by Crippen LogP contribution is 1.98. The first-order valence-corrected chi connectivity index (χ1v) is 6.82. The fourth-order valence-electron chi connectivity index (χ4n) is 0.843. The van der Waals surface area contributed by atoms with E-state index in [9.17, 15) is 0 Å². The van der Waals surface area contributed by atoms with Crippen LogP contribution in [0, 0.1) is 0 Å². The molecule has 0 aliphatic heterocycles. The lowest BCUT2D eigenvalue weighted by Gasteiger charge is -2.13. The highest BCUT2D eigenvalue weighted by molar-refractivity contribution is 6.36. The van der Waals surface area contributed by atoms with Gasteiger partial charge in [0.2, 0.25) is 0 Å². The molecule has 0 atom stereocenters. The zero-order chi connectivity index (χ0) is 10.6. The summed E-state index contributed by atoms with van der Waals surface area (Å²) in [5.74, 6) is 0. The molecular formula is C10H23O3Si. The molecular weight excluding hydrogens is 196 g/mol. The normalized spacial score (nSPS) is 11.1. The van der Waals surface area contributed by atoms with Gasteiger partial charge in [-0.15, -0.1) is 0 Å². The lowest BCUT2D eigenvalue weighted by atomic mass is 10.4. The molecule has 0 amide bonds. The SMILES string of the molecule is CCCCO[Si](OCC)OCCCC. The Morgan fingerprint density at radius 2 is 1.29 bits per heavy atom. The van der Waals surface area contributed by atoms with E-state index in [2.05, 4.69) is 13.8 Å². The summed E-state index contributed by atoms with van der Waals surface area (Å²) < 4.78 is 16.4. The van der Waals surface area contributed by atoms with Crippen LogP contribution in [0.5, 0.6) is 0 Å². The summed E-state index contributed by atoms with van der Waals surface area (Å²) in [6, 6.07) is 0. The fourth-order valence-corrected chi connectivity index (χ4v) is 1.95. The summed E-state index contributed by atoms with van der Waals surface area (Å²) in [6.45, 7) is 8.46. The highest BCUT2D eigenvalue weighted by atomic mass is 28.3. The van der Waals surface area contributed by atoms with Crippen molar-refractivity contribution < 1.29 is 13.3 Å². The molecule has 3 nitrogen and oxygen atoms in total. The van der Waals surface area contributed by atoms with Gasteiger partial charge in [0.1, 0.15) is 0 Å². The molecule has 0 fully saturated rings. The molecule has 0 spiro atoms. The Bertz CT molecular complexity index is 102. The minimum absolute atomic E-state index is 0.673. The first-order valence-electron chi connectivity index (χ1n) is 5.60. The maximum atomic E-state index is 5.53. The van der Waals surface area contributed by atoms with Crippen LogP contribution in [0.4, 0.5) is 0 Å². The van der Waals surface area contributed by atoms with Gasteiger partial charge in [-0.1, -0.05) is 26.7 Å². The van der Waals surface area contributed by atoms with E-state index in [1.807, 2.05) is 6.92 Å². The smallest absolute Gasteiger partial charge is 0.371 e. The Labute approximate surface area is 89.7 Å². The molecule has 0 rings (SSSR count). The minimum Gasteiger partial charge on any atom is -0.371 e. The van der Waals surface area contributed by atoms with Crippen molar-refractivity contribution in [3.05, 3.63) is 0 Å². The first kappa shape index (κ1) is 14.1. The monoisotopic (exact) mass is 219 g/mol. The van der Waals surface area contributed by atoms with Crippen LogP contribution in [0.1, 0.15) is 46.5 Å². The topological polar surface area (TPSA) is 27.7 Å². The van der Waals surface area contributed by atoms with Gasteiger partial charge in [0.15, 0.2) is 0 Å². The van der Waals surface area contributed by atoms with E-state index < -0.39 is 9.53 Å². The summed E-state index contributed by atoms with van der Waals surface area (Å²) in [7, 11) is -1.44. The maximum absolute atomic E-state index is 5.53. The number of unbranched alkanes of at least 4 members (excludes halogenated alkanes) is 2. The van der Waals surface area contributed by atoms with E-state index >= 15 is 0 Å². The van der Waals surface area contributed by atoms with Crippen LogP contribution >= 0.6 is 0 Å². The molecule has 0 saturated heterocycles. The predicted octanol–water partition coefficient (Wildman–Crippen LogP) is 2.64. The molecule has 0 unspecified atom stereocenters. The summed E-state index contributed by atoms with van der Waals surface area (Å²) in [5.41, 5.74) is 0. The summed E-state index contributed by atoms with van der Waals surface area (Å²) in [6.07, 6.45) is 4.46.